The lowest BCUT2D eigenvalue weighted by Gasteiger charge is -2.16. The van der Waals surface area contributed by atoms with Crippen molar-refractivity contribution in [3.05, 3.63) is 23.8 Å². The van der Waals surface area contributed by atoms with Gasteiger partial charge in [0.25, 0.3) is 0 Å². The normalized spacial score (nSPS) is 18.2. The highest BCUT2D eigenvalue weighted by Gasteiger charge is 2.35. The molecular formula is C8H8Cl4O2SSi. The van der Waals surface area contributed by atoms with Gasteiger partial charge in [-0.05, 0) is 12.5 Å². The van der Waals surface area contributed by atoms with Gasteiger partial charge in [0.2, 0.25) is 10.3 Å². The van der Waals surface area contributed by atoms with Crippen LogP contribution in [0.3, 0.4) is 0 Å². The van der Waals surface area contributed by atoms with Crippen molar-refractivity contribution < 1.29 is 8.42 Å². The van der Waals surface area contributed by atoms with E-state index in [9.17, 15) is 8.42 Å². The average Bonchev–Trinajstić information content (AvgIpc) is 2.17. The maximum atomic E-state index is 10.6. The lowest BCUT2D eigenvalue weighted by molar-refractivity contribution is 0.627. The lowest BCUT2D eigenvalue weighted by Crippen LogP contribution is -2.26. The van der Waals surface area contributed by atoms with Gasteiger partial charge in [-0.15, -0.1) is 44.8 Å². The van der Waals surface area contributed by atoms with Gasteiger partial charge in [0.15, 0.2) is 0 Å². The fraction of sp³-hybridized carbons (Fsp3) is 0.375. The monoisotopic (exact) mass is 336 g/mol. The second-order valence-corrected chi connectivity index (χ2v) is 14.0. The van der Waals surface area contributed by atoms with Crippen LogP contribution < -0.4 is 0 Å². The molecule has 1 unspecified atom stereocenters. The van der Waals surface area contributed by atoms with E-state index in [1.165, 1.54) is 0 Å². The summed E-state index contributed by atoms with van der Waals surface area (Å²) < 4.78 is 21.3. The van der Waals surface area contributed by atoms with Gasteiger partial charge < -0.3 is 0 Å². The molecule has 0 N–H and O–H groups in total. The Hall–Kier alpha value is 0.547. The Morgan fingerprint density at radius 3 is 2.31 bits per heavy atom. The second kappa shape index (κ2) is 5.93. The first-order valence-corrected chi connectivity index (χ1v) is 11.0. The zero-order chi connectivity index (χ0) is 12.3. The molecule has 0 radical (unpaired) electrons. The van der Waals surface area contributed by atoms with Crippen LogP contribution in [0, 0.1) is 0 Å². The summed E-state index contributed by atoms with van der Waals surface area (Å²) in [5, 5.41) is -0.507. The number of hydrogen-bond donors (Lipinski definition) is 0. The molecule has 0 aromatic carbocycles. The van der Waals surface area contributed by atoms with Gasteiger partial charge in [-0.3, -0.25) is 0 Å². The van der Waals surface area contributed by atoms with Crippen molar-refractivity contribution in [3.63, 3.8) is 0 Å². The maximum Gasteiger partial charge on any atom is 0.358 e. The van der Waals surface area contributed by atoms with Crippen molar-refractivity contribution >= 4 is 66.0 Å². The Bertz CT molecular complexity index is 453. The van der Waals surface area contributed by atoms with Crippen LogP contribution in [0.4, 0.5) is 0 Å². The predicted molar refractivity (Wildman–Crippen MR) is 73.3 cm³/mol. The Morgan fingerprint density at radius 2 is 1.94 bits per heavy atom. The molecule has 0 fully saturated rings. The second-order valence-electron chi connectivity index (χ2n) is 3.23. The smallest absolute Gasteiger partial charge is 0.184 e. The molecule has 1 aliphatic rings. The van der Waals surface area contributed by atoms with E-state index in [-0.39, 0.29) is 0 Å². The van der Waals surface area contributed by atoms with Crippen molar-refractivity contribution in [2.75, 3.05) is 0 Å². The van der Waals surface area contributed by atoms with E-state index < -0.39 is 21.3 Å². The average molecular weight is 338 g/mol. The molecule has 1 atom stereocenters. The first kappa shape index (κ1) is 14.6. The number of alkyl halides is 1. The molecule has 8 heteroatoms. The third kappa shape index (κ3) is 4.43. The Balaban J connectivity index is 2.69. The molecule has 0 saturated carbocycles. The molecule has 0 spiro atoms. The summed E-state index contributed by atoms with van der Waals surface area (Å²) in [5.74, 6) is 0. The number of halogens is 4. The zero-order valence-electron chi connectivity index (χ0n) is 7.96. The van der Waals surface area contributed by atoms with Crippen molar-refractivity contribution in [2.45, 2.75) is 17.8 Å². The van der Waals surface area contributed by atoms with Gasteiger partial charge in [0.05, 0.1) is 9.86 Å². The van der Waals surface area contributed by atoms with Gasteiger partial charge in [-0.25, -0.2) is 0 Å². The molecule has 0 aromatic rings. The van der Waals surface area contributed by atoms with E-state index >= 15 is 0 Å². The van der Waals surface area contributed by atoms with Crippen LogP contribution >= 0.6 is 44.8 Å². The van der Waals surface area contributed by atoms with E-state index in [0.29, 0.717) is 17.7 Å². The minimum absolute atomic E-state index is 0.348. The number of allylic oxidation sites excluding steroid dienone is 4. The molecule has 2 nitrogen and oxygen atoms in total. The topological polar surface area (TPSA) is 34.1 Å². The van der Waals surface area contributed by atoms with Crippen LogP contribution in [-0.2, 0) is 10.3 Å². The summed E-state index contributed by atoms with van der Waals surface area (Å²) in [4.78, 5) is 0.348. The highest BCUT2D eigenvalue weighted by atomic mass is 35.8. The van der Waals surface area contributed by atoms with Gasteiger partial charge in [0.1, 0.15) is 0 Å². The fourth-order valence-corrected chi connectivity index (χ4v) is 2.90. The van der Waals surface area contributed by atoms with Gasteiger partial charge in [-0.1, -0.05) is 17.7 Å². The molecule has 1 aliphatic carbocycles. The summed E-state index contributed by atoms with van der Waals surface area (Å²) in [6, 6.07) is -2.90. The molecule has 16 heavy (non-hydrogen) atoms. The van der Waals surface area contributed by atoms with Crippen molar-refractivity contribution in [1.29, 1.82) is 0 Å². The van der Waals surface area contributed by atoms with Crippen molar-refractivity contribution in [2.24, 2.45) is 0 Å². The summed E-state index contributed by atoms with van der Waals surface area (Å²) in [5.41, 5.74) is 0.896. The molecule has 0 bridgehead atoms. The van der Waals surface area contributed by atoms with E-state index in [4.69, 9.17) is 44.8 Å². The first-order chi connectivity index (χ1) is 7.30. The number of hydrogen-bond acceptors (Lipinski definition) is 2. The molecule has 0 amide bonds. The van der Waals surface area contributed by atoms with Gasteiger partial charge >= 0.3 is 6.00 Å². The minimum Gasteiger partial charge on any atom is -0.184 e. The summed E-state index contributed by atoms with van der Waals surface area (Å²) in [7, 11) is -2.16. The first-order valence-electron chi connectivity index (χ1n) is 4.33. The highest BCUT2D eigenvalue weighted by Crippen LogP contribution is 2.32. The van der Waals surface area contributed by atoms with Crippen LogP contribution in [0.5, 0.6) is 0 Å². The van der Waals surface area contributed by atoms with Crippen LogP contribution in [0.25, 0.3) is 0 Å². The molecular weight excluding hydrogens is 330 g/mol. The third-order valence-corrected chi connectivity index (χ3v) is 8.19. The van der Waals surface area contributed by atoms with Crippen molar-refractivity contribution in [1.82, 2.24) is 0 Å². The number of rotatable bonds is 3. The lowest BCUT2D eigenvalue weighted by atomic mass is 10.1. The van der Waals surface area contributed by atoms with Crippen LogP contribution in [0.1, 0.15) is 12.8 Å². The van der Waals surface area contributed by atoms with E-state index in [2.05, 4.69) is 0 Å². The van der Waals surface area contributed by atoms with Gasteiger partial charge in [-0.2, -0.15) is 8.42 Å². The summed E-state index contributed by atoms with van der Waals surface area (Å²) >= 11 is 23.2. The summed E-state index contributed by atoms with van der Waals surface area (Å²) in [6.07, 6.45) is 5.83. The Kier molecular flexibility index (Phi) is 5.42. The zero-order valence-corrected chi connectivity index (χ0v) is 12.8. The maximum absolute atomic E-state index is 10.6. The minimum atomic E-state index is -2.90. The Morgan fingerprint density at radius 1 is 1.31 bits per heavy atom. The molecule has 0 heterocycles. The van der Waals surface area contributed by atoms with E-state index in [1.54, 1.807) is 18.2 Å². The van der Waals surface area contributed by atoms with E-state index in [1.807, 2.05) is 0 Å². The largest absolute Gasteiger partial charge is 0.358 e. The van der Waals surface area contributed by atoms with Crippen LogP contribution in [0.15, 0.2) is 23.8 Å². The van der Waals surface area contributed by atoms with Gasteiger partial charge in [0, 0.05) is 6.42 Å². The predicted octanol–water partition coefficient (Wildman–Crippen LogP) is 3.12. The molecule has 0 saturated heterocycles. The quantitative estimate of drug-likeness (QED) is 0.343. The molecule has 1 rings (SSSR count). The third-order valence-electron chi connectivity index (χ3n) is 2.03. The van der Waals surface area contributed by atoms with Crippen LogP contribution in [0.2, 0.25) is 0 Å². The van der Waals surface area contributed by atoms with Crippen molar-refractivity contribution in [3.8, 4) is 0 Å². The van der Waals surface area contributed by atoms with E-state index in [0.717, 1.165) is 5.57 Å². The standard InChI is InChI=1S/C8H8Cl4O2SSi/c9-8(16(10,11)12)5-6-1-3-7(4-2-6)15(13)14/h1-3,8H,4-5H2. The SMILES string of the molecule is O=S(=O)=C1C=CC(CC(Cl)[Si](Cl)(Cl)Cl)=CC1. The fourth-order valence-electron chi connectivity index (χ4n) is 1.17. The molecule has 90 valence electrons. The van der Waals surface area contributed by atoms with Crippen LogP contribution in [-0.4, -0.2) is 24.3 Å². The highest BCUT2D eigenvalue weighted by molar-refractivity contribution is 7.73. The molecule has 0 aromatic heterocycles. The summed E-state index contributed by atoms with van der Waals surface area (Å²) in [6.45, 7) is 0. The molecule has 0 aliphatic heterocycles. The Labute approximate surface area is 115 Å².